The van der Waals surface area contributed by atoms with Crippen LogP contribution >= 0.6 is 23.2 Å². The maximum atomic E-state index is 13.1. The topological polar surface area (TPSA) is 101 Å². The van der Waals surface area contributed by atoms with Gasteiger partial charge < -0.3 is 15.4 Å². The minimum Gasteiger partial charge on any atom is -0.494 e. The second-order valence-electron chi connectivity index (χ2n) is 7.39. The van der Waals surface area contributed by atoms with Crippen molar-refractivity contribution in [2.24, 2.45) is 0 Å². The number of nitrogens with one attached hydrogen (secondary N) is 3. The lowest BCUT2D eigenvalue weighted by Gasteiger charge is -2.13. The van der Waals surface area contributed by atoms with Crippen LogP contribution < -0.4 is 20.8 Å². The standard InChI is InChI=1S/C25H20Cl2N4O4/c1-2-35-20-9-7-18(8-10-20)28-24(33)25(34)30-31-21-11-6-17(27)12-15(21)13-22(31)23(32)29-19-5-3-4-16(26)14-19/h3-14H,2H2,1H3,(H,28,33)(H,29,32)(H,30,34). The molecule has 4 rings (SSSR count). The number of carbonyl (C=O) groups excluding carboxylic acids is 3. The molecule has 0 spiro atoms. The Kier molecular flexibility index (Phi) is 7.24. The molecular formula is C25H20Cl2N4O4. The second-order valence-corrected chi connectivity index (χ2v) is 8.26. The fourth-order valence-corrected chi connectivity index (χ4v) is 3.75. The molecule has 0 atom stereocenters. The van der Waals surface area contributed by atoms with E-state index in [2.05, 4.69) is 16.1 Å². The highest BCUT2D eigenvalue weighted by atomic mass is 35.5. The lowest BCUT2D eigenvalue weighted by molar-refractivity contribution is -0.133. The summed E-state index contributed by atoms with van der Waals surface area (Å²) < 4.78 is 6.61. The molecule has 0 bridgehead atoms. The van der Waals surface area contributed by atoms with Crippen LogP contribution in [0, 0.1) is 0 Å². The Labute approximate surface area is 210 Å². The molecule has 0 aliphatic rings. The van der Waals surface area contributed by atoms with Crippen molar-refractivity contribution >= 4 is 63.2 Å². The first-order valence-corrected chi connectivity index (χ1v) is 11.3. The van der Waals surface area contributed by atoms with Gasteiger partial charge in [-0.2, -0.15) is 0 Å². The molecule has 10 heteroatoms. The van der Waals surface area contributed by atoms with Gasteiger partial charge in [0.25, 0.3) is 5.91 Å². The summed E-state index contributed by atoms with van der Waals surface area (Å²) in [5, 5.41) is 6.76. The molecule has 0 aliphatic carbocycles. The van der Waals surface area contributed by atoms with Crippen molar-refractivity contribution in [2.75, 3.05) is 22.7 Å². The Morgan fingerprint density at radius 2 is 1.57 bits per heavy atom. The molecule has 0 saturated heterocycles. The highest BCUT2D eigenvalue weighted by Gasteiger charge is 2.21. The van der Waals surface area contributed by atoms with Crippen LogP contribution in [0.3, 0.4) is 0 Å². The van der Waals surface area contributed by atoms with E-state index in [1.54, 1.807) is 72.8 Å². The maximum absolute atomic E-state index is 13.1. The molecule has 3 aromatic carbocycles. The van der Waals surface area contributed by atoms with Gasteiger partial charge in [0.15, 0.2) is 0 Å². The number of ether oxygens (including phenoxy) is 1. The Bertz CT molecular complexity index is 1420. The highest BCUT2D eigenvalue weighted by molar-refractivity contribution is 6.42. The van der Waals surface area contributed by atoms with Gasteiger partial charge in [0.2, 0.25) is 0 Å². The van der Waals surface area contributed by atoms with Gasteiger partial charge in [-0.05, 0) is 73.7 Å². The average molecular weight is 511 g/mol. The van der Waals surface area contributed by atoms with Gasteiger partial charge in [0.1, 0.15) is 11.4 Å². The fourth-order valence-electron chi connectivity index (χ4n) is 3.38. The third-order valence-corrected chi connectivity index (χ3v) is 5.39. The summed E-state index contributed by atoms with van der Waals surface area (Å²) in [6.07, 6.45) is 0. The van der Waals surface area contributed by atoms with Crippen molar-refractivity contribution in [3.63, 3.8) is 0 Å². The number of amides is 3. The van der Waals surface area contributed by atoms with Crippen molar-refractivity contribution < 1.29 is 19.1 Å². The van der Waals surface area contributed by atoms with E-state index in [-0.39, 0.29) is 5.69 Å². The summed E-state index contributed by atoms with van der Waals surface area (Å²) in [5.74, 6) is -1.76. The lowest BCUT2D eigenvalue weighted by Crippen LogP contribution is -2.36. The van der Waals surface area contributed by atoms with Gasteiger partial charge in [-0.25, -0.2) is 4.68 Å². The summed E-state index contributed by atoms with van der Waals surface area (Å²) >= 11 is 12.1. The van der Waals surface area contributed by atoms with Gasteiger partial charge in [-0.15, -0.1) is 0 Å². The first-order valence-electron chi connectivity index (χ1n) is 10.6. The van der Waals surface area contributed by atoms with E-state index in [1.165, 1.54) is 4.68 Å². The molecule has 3 N–H and O–H groups in total. The molecular weight excluding hydrogens is 491 g/mol. The minimum absolute atomic E-state index is 0.0875. The number of hydrogen-bond donors (Lipinski definition) is 3. The zero-order chi connectivity index (χ0) is 24.9. The molecule has 35 heavy (non-hydrogen) atoms. The lowest BCUT2D eigenvalue weighted by atomic mass is 10.2. The van der Waals surface area contributed by atoms with Crippen LogP contribution in [0.25, 0.3) is 10.9 Å². The molecule has 0 unspecified atom stereocenters. The number of fused-ring (bicyclic) bond motifs is 1. The monoisotopic (exact) mass is 510 g/mol. The minimum atomic E-state index is -0.969. The van der Waals surface area contributed by atoms with Crippen molar-refractivity contribution in [1.29, 1.82) is 0 Å². The number of aromatic nitrogens is 1. The van der Waals surface area contributed by atoms with E-state index in [1.807, 2.05) is 6.92 Å². The van der Waals surface area contributed by atoms with Gasteiger partial charge in [-0.3, -0.25) is 19.8 Å². The third-order valence-electron chi connectivity index (χ3n) is 4.92. The van der Waals surface area contributed by atoms with E-state index in [4.69, 9.17) is 27.9 Å². The number of nitrogens with zero attached hydrogens (tertiary/aromatic N) is 1. The Balaban J connectivity index is 1.57. The second kappa shape index (κ2) is 10.5. The number of benzene rings is 3. The van der Waals surface area contributed by atoms with E-state index in [0.717, 1.165) is 0 Å². The summed E-state index contributed by atoms with van der Waals surface area (Å²) in [5.41, 5.74) is 3.94. The first-order chi connectivity index (χ1) is 16.8. The number of carbonyl (C=O) groups is 3. The van der Waals surface area contributed by atoms with Gasteiger partial charge >= 0.3 is 11.8 Å². The Morgan fingerprint density at radius 3 is 2.29 bits per heavy atom. The summed E-state index contributed by atoms with van der Waals surface area (Å²) in [7, 11) is 0. The normalized spacial score (nSPS) is 10.6. The van der Waals surface area contributed by atoms with Crippen LogP contribution in [0.5, 0.6) is 5.75 Å². The summed E-state index contributed by atoms with van der Waals surface area (Å²) in [4.78, 5) is 38.3. The van der Waals surface area contributed by atoms with E-state index in [0.29, 0.717) is 44.7 Å². The third kappa shape index (κ3) is 5.74. The molecule has 0 saturated carbocycles. The van der Waals surface area contributed by atoms with Crippen LogP contribution in [-0.4, -0.2) is 29.0 Å². The van der Waals surface area contributed by atoms with Crippen molar-refractivity contribution in [1.82, 2.24) is 4.68 Å². The predicted octanol–water partition coefficient (Wildman–Crippen LogP) is 5.31. The van der Waals surface area contributed by atoms with Gasteiger partial charge in [0, 0.05) is 26.8 Å². The Morgan fingerprint density at radius 1 is 0.829 bits per heavy atom. The van der Waals surface area contributed by atoms with E-state index < -0.39 is 17.7 Å². The molecule has 3 amide bonds. The van der Waals surface area contributed by atoms with Crippen LogP contribution in [-0.2, 0) is 9.59 Å². The fraction of sp³-hybridized carbons (Fsp3) is 0.0800. The van der Waals surface area contributed by atoms with Crippen LogP contribution in [0.2, 0.25) is 10.0 Å². The van der Waals surface area contributed by atoms with Gasteiger partial charge in [-0.1, -0.05) is 29.3 Å². The average Bonchev–Trinajstić information content (AvgIpc) is 3.18. The summed E-state index contributed by atoms with van der Waals surface area (Å²) in [6, 6.07) is 19.7. The van der Waals surface area contributed by atoms with Crippen LogP contribution in [0.4, 0.5) is 11.4 Å². The van der Waals surface area contributed by atoms with Gasteiger partial charge in [0.05, 0.1) is 12.1 Å². The Hall–Kier alpha value is -4.01. The van der Waals surface area contributed by atoms with E-state index >= 15 is 0 Å². The molecule has 4 aromatic rings. The zero-order valence-electron chi connectivity index (χ0n) is 18.5. The number of hydrogen-bond acceptors (Lipinski definition) is 4. The first kappa shape index (κ1) is 24.1. The van der Waals surface area contributed by atoms with Crippen molar-refractivity contribution in [3.05, 3.63) is 88.5 Å². The number of rotatable bonds is 6. The largest absolute Gasteiger partial charge is 0.494 e. The molecule has 0 aliphatic heterocycles. The predicted molar refractivity (Wildman–Crippen MR) is 137 cm³/mol. The number of anilines is 2. The molecule has 0 radical (unpaired) electrons. The van der Waals surface area contributed by atoms with Crippen molar-refractivity contribution in [3.8, 4) is 5.75 Å². The van der Waals surface area contributed by atoms with Crippen LogP contribution in [0.15, 0.2) is 72.8 Å². The molecule has 8 nitrogen and oxygen atoms in total. The number of halogens is 2. The van der Waals surface area contributed by atoms with Crippen molar-refractivity contribution in [2.45, 2.75) is 6.92 Å². The SMILES string of the molecule is CCOc1ccc(NC(=O)C(=O)Nn2c(C(=O)Nc3cccc(Cl)c3)cc3cc(Cl)ccc32)cc1. The zero-order valence-corrected chi connectivity index (χ0v) is 20.0. The quantitative estimate of drug-likeness (QED) is 0.306. The molecule has 1 aromatic heterocycles. The highest BCUT2D eigenvalue weighted by Crippen LogP contribution is 2.24. The van der Waals surface area contributed by atoms with E-state index in [9.17, 15) is 14.4 Å². The molecule has 1 heterocycles. The van der Waals surface area contributed by atoms with Crippen LogP contribution in [0.1, 0.15) is 17.4 Å². The smallest absolute Gasteiger partial charge is 0.328 e. The maximum Gasteiger partial charge on any atom is 0.328 e. The summed E-state index contributed by atoms with van der Waals surface area (Å²) in [6.45, 7) is 2.37. The molecule has 0 fully saturated rings. The molecule has 178 valence electrons.